The van der Waals surface area contributed by atoms with E-state index in [1.165, 1.54) is 4.90 Å². The van der Waals surface area contributed by atoms with Crippen molar-refractivity contribution < 1.29 is 24.3 Å². The summed E-state index contributed by atoms with van der Waals surface area (Å²) in [5.74, 6) is -2.76. The zero-order valence-electron chi connectivity index (χ0n) is 16.5. The van der Waals surface area contributed by atoms with Crippen LogP contribution in [0.4, 0.5) is 5.69 Å². The highest BCUT2D eigenvalue weighted by atomic mass is 16.4. The molecule has 154 valence electrons. The molecule has 3 amide bonds. The topological polar surface area (TPSA) is 95.0 Å². The Labute approximate surface area is 174 Å². The Bertz CT molecular complexity index is 1000. The highest BCUT2D eigenvalue weighted by Crippen LogP contribution is 2.28. The largest absolute Gasteiger partial charge is 0.478 e. The molecule has 1 aliphatic heterocycles. The maximum Gasteiger partial charge on any atom is 0.328 e. The van der Waals surface area contributed by atoms with Gasteiger partial charge in [0.2, 0.25) is 11.8 Å². The van der Waals surface area contributed by atoms with Crippen molar-refractivity contribution >= 4 is 29.4 Å². The zero-order valence-corrected chi connectivity index (χ0v) is 16.5. The number of carboxylic acids is 1. The lowest BCUT2D eigenvalue weighted by Crippen LogP contribution is -2.46. The van der Waals surface area contributed by atoms with Crippen LogP contribution in [0.2, 0.25) is 0 Å². The molecule has 3 rings (SSSR count). The fraction of sp³-hybridized carbons (Fsp3) is 0.217. The van der Waals surface area contributed by atoms with E-state index in [4.69, 9.17) is 5.11 Å². The quantitative estimate of drug-likeness (QED) is 0.563. The molecule has 0 spiro atoms. The Hall–Kier alpha value is -3.74. The second-order valence-electron chi connectivity index (χ2n) is 7.01. The first-order chi connectivity index (χ1) is 14.4. The van der Waals surface area contributed by atoms with Crippen molar-refractivity contribution in [2.75, 3.05) is 11.4 Å². The third-order valence-electron chi connectivity index (χ3n) is 4.99. The van der Waals surface area contributed by atoms with E-state index >= 15 is 0 Å². The fourth-order valence-electron chi connectivity index (χ4n) is 3.48. The lowest BCUT2D eigenvalue weighted by Gasteiger charge is -2.27. The molecular formula is C23H22N2O5. The molecule has 1 saturated heterocycles. The van der Waals surface area contributed by atoms with Crippen molar-refractivity contribution in [2.24, 2.45) is 0 Å². The second-order valence-corrected chi connectivity index (χ2v) is 7.01. The molecule has 7 heteroatoms. The SMILES string of the molecule is Cc1ccccc1N1C(=O)CC(N(CCc2ccccc2)C(=O)C=CC(=O)O)C1=O. The summed E-state index contributed by atoms with van der Waals surface area (Å²) in [6.45, 7) is 1.98. The van der Waals surface area contributed by atoms with Crippen molar-refractivity contribution in [3.05, 3.63) is 77.9 Å². The number of hydrogen-bond acceptors (Lipinski definition) is 4. The Morgan fingerprint density at radius 3 is 2.40 bits per heavy atom. The fourth-order valence-corrected chi connectivity index (χ4v) is 3.48. The van der Waals surface area contributed by atoms with Crippen molar-refractivity contribution in [1.82, 2.24) is 4.90 Å². The second kappa shape index (κ2) is 9.17. The van der Waals surface area contributed by atoms with Gasteiger partial charge in [0.1, 0.15) is 6.04 Å². The van der Waals surface area contributed by atoms with E-state index < -0.39 is 23.8 Å². The van der Waals surface area contributed by atoms with Gasteiger partial charge in [-0.3, -0.25) is 14.4 Å². The van der Waals surface area contributed by atoms with Crippen LogP contribution in [-0.2, 0) is 25.6 Å². The summed E-state index contributed by atoms with van der Waals surface area (Å²) < 4.78 is 0. The maximum absolute atomic E-state index is 13.1. The summed E-state index contributed by atoms with van der Waals surface area (Å²) in [6, 6.07) is 15.5. The van der Waals surface area contributed by atoms with Gasteiger partial charge >= 0.3 is 5.97 Å². The number of nitrogens with zero attached hydrogens (tertiary/aromatic N) is 2. The minimum Gasteiger partial charge on any atom is -0.478 e. The number of imide groups is 1. The van der Waals surface area contributed by atoms with Crippen LogP contribution in [0.1, 0.15) is 17.5 Å². The molecular weight excluding hydrogens is 384 g/mol. The molecule has 0 aromatic heterocycles. The third-order valence-corrected chi connectivity index (χ3v) is 4.99. The first-order valence-corrected chi connectivity index (χ1v) is 9.56. The van der Waals surface area contributed by atoms with Crippen molar-refractivity contribution in [1.29, 1.82) is 0 Å². The highest BCUT2D eigenvalue weighted by molar-refractivity contribution is 6.23. The minimum atomic E-state index is -1.26. The van der Waals surface area contributed by atoms with Gasteiger partial charge in [0, 0.05) is 18.7 Å². The van der Waals surface area contributed by atoms with Gasteiger partial charge in [0.15, 0.2) is 0 Å². The molecule has 1 unspecified atom stereocenters. The molecule has 2 aromatic carbocycles. The van der Waals surface area contributed by atoms with Gasteiger partial charge in [-0.15, -0.1) is 0 Å². The lowest BCUT2D eigenvalue weighted by atomic mass is 10.1. The summed E-state index contributed by atoms with van der Waals surface area (Å²) in [5.41, 5.74) is 2.23. The van der Waals surface area contributed by atoms with E-state index in [9.17, 15) is 19.2 Å². The number of hydrogen-bond donors (Lipinski definition) is 1. The molecule has 1 heterocycles. The summed E-state index contributed by atoms with van der Waals surface area (Å²) in [4.78, 5) is 51.7. The number of para-hydroxylation sites is 1. The van der Waals surface area contributed by atoms with Crippen molar-refractivity contribution in [2.45, 2.75) is 25.8 Å². The number of aliphatic carboxylic acids is 1. The molecule has 7 nitrogen and oxygen atoms in total. The van der Waals surface area contributed by atoms with E-state index in [2.05, 4.69) is 0 Å². The van der Waals surface area contributed by atoms with Crippen LogP contribution in [0, 0.1) is 6.92 Å². The summed E-state index contributed by atoms with van der Waals surface area (Å²) in [6.07, 6.45) is 1.98. The normalized spacial score (nSPS) is 16.3. The predicted octanol–water partition coefficient (Wildman–Crippen LogP) is 2.34. The van der Waals surface area contributed by atoms with Crippen LogP contribution in [0.5, 0.6) is 0 Å². The summed E-state index contributed by atoms with van der Waals surface area (Å²) in [7, 11) is 0. The smallest absolute Gasteiger partial charge is 0.328 e. The molecule has 0 bridgehead atoms. The number of carboxylic acid groups (broad SMARTS) is 1. The van der Waals surface area contributed by atoms with E-state index in [1.807, 2.05) is 36.4 Å². The predicted molar refractivity (Wildman–Crippen MR) is 111 cm³/mol. The van der Waals surface area contributed by atoms with Crippen LogP contribution in [0.25, 0.3) is 0 Å². The number of carbonyl (C=O) groups is 4. The van der Waals surface area contributed by atoms with E-state index in [0.29, 0.717) is 12.1 Å². The van der Waals surface area contributed by atoms with Crippen LogP contribution in [0.3, 0.4) is 0 Å². The number of amides is 3. The highest BCUT2D eigenvalue weighted by Gasteiger charge is 2.44. The van der Waals surface area contributed by atoms with E-state index in [1.54, 1.807) is 25.1 Å². The lowest BCUT2D eigenvalue weighted by molar-refractivity contribution is -0.135. The van der Waals surface area contributed by atoms with Gasteiger partial charge in [-0.05, 0) is 30.5 Å². The van der Waals surface area contributed by atoms with E-state index in [0.717, 1.165) is 28.2 Å². The van der Waals surface area contributed by atoms with Gasteiger partial charge in [0.05, 0.1) is 12.1 Å². The van der Waals surface area contributed by atoms with E-state index in [-0.39, 0.29) is 18.9 Å². The molecule has 0 saturated carbocycles. The monoisotopic (exact) mass is 406 g/mol. The van der Waals surface area contributed by atoms with Gasteiger partial charge in [0.25, 0.3) is 5.91 Å². The molecule has 0 radical (unpaired) electrons. The number of rotatable bonds is 7. The van der Waals surface area contributed by atoms with Crippen molar-refractivity contribution in [3.8, 4) is 0 Å². The molecule has 1 atom stereocenters. The summed E-state index contributed by atoms with van der Waals surface area (Å²) in [5, 5.41) is 8.85. The average molecular weight is 406 g/mol. The Balaban J connectivity index is 1.87. The Morgan fingerprint density at radius 1 is 1.07 bits per heavy atom. The van der Waals surface area contributed by atoms with Crippen LogP contribution < -0.4 is 4.90 Å². The van der Waals surface area contributed by atoms with Crippen LogP contribution in [0.15, 0.2) is 66.7 Å². The van der Waals surface area contributed by atoms with Crippen molar-refractivity contribution in [3.63, 3.8) is 0 Å². The Morgan fingerprint density at radius 2 is 1.73 bits per heavy atom. The third kappa shape index (κ3) is 4.63. The molecule has 1 aliphatic rings. The standard InChI is InChI=1S/C23H22N2O5/c1-16-7-5-6-10-18(16)25-21(27)15-19(23(25)30)24(20(26)11-12-22(28)29)14-13-17-8-3-2-4-9-17/h2-12,19H,13-15H2,1H3,(H,28,29). The first-order valence-electron chi connectivity index (χ1n) is 9.56. The molecule has 0 aliphatic carbocycles. The van der Waals surface area contributed by atoms with Gasteiger partial charge in [-0.25, -0.2) is 9.69 Å². The maximum atomic E-state index is 13.1. The number of anilines is 1. The molecule has 1 N–H and O–H groups in total. The number of carbonyl (C=O) groups excluding carboxylic acids is 3. The van der Waals surface area contributed by atoms with Crippen LogP contribution >= 0.6 is 0 Å². The van der Waals surface area contributed by atoms with Gasteiger partial charge in [-0.2, -0.15) is 0 Å². The Kier molecular flexibility index (Phi) is 6.41. The zero-order chi connectivity index (χ0) is 21.7. The molecule has 1 fully saturated rings. The summed E-state index contributed by atoms with van der Waals surface area (Å²) >= 11 is 0. The number of benzene rings is 2. The molecule has 2 aromatic rings. The minimum absolute atomic E-state index is 0.144. The van der Waals surface area contributed by atoms with Crippen LogP contribution in [-0.4, -0.2) is 46.3 Å². The van der Waals surface area contributed by atoms with Gasteiger partial charge < -0.3 is 10.0 Å². The number of aryl methyl sites for hydroxylation is 1. The average Bonchev–Trinajstić information content (AvgIpc) is 3.02. The van der Waals surface area contributed by atoms with Gasteiger partial charge in [-0.1, -0.05) is 48.5 Å². The molecule has 30 heavy (non-hydrogen) atoms. The first kappa shape index (κ1) is 21.0.